The summed E-state index contributed by atoms with van der Waals surface area (Å²) in [5.74, 6) is -1.00. The summed E-state index contributed by atoms with van der Waals surface area (Å²) in [6.07, 6.45) is 3.27. The molecule has 34 heavy (non-hydrogen) atoms. The zero-order chi connectivity index (χ0) is 24.3. The number of carbonyl (C=O) groups is 1. The Labute approximate surface area is 201 Å². The molecule has 4 rings (SSSR count). The van der Waals surface area contributed by atoms with Gasteiger partial charge < -0.3 is 4.57 Å². The van der Waals surface area contributed by atoms with Crippen molar-refractivity contribution in [2.75, 3.05) is 4.72 Å². The fraction of sp³-hybridized carbons (Fsp3) is 0.200. The van der Waals surface area contributed by atoms with Crippen LogP contribution in [0.2, 0.25) is 0 Å². The molecule has 6 nitrogen and oxygen atoms in total. The van der Waals surface area contributed by atoms with Crippen LogP contribution >= 0.6 is 11.3 Å². The molecule has 0 aliphatic rings. The highest BCUT2D eigenvalue weighted by molar-refractivity contribution is 7.92. The maximum atomic E-state index is 13.1. The van der Waals surface area contributed by atoms with Crippen LogP contribution in [0.25, 0.3) is 10.2 Å². The van der Waals surface area contributed by atoms with Crippen molar-refractivity contribution in [2.24, 2.45) is 12.0 Å². The number of hydrogen-bond donors (Lipinski definition) is 1. The molecule has 176 valence electrons. The van der Waals surface area contributed by atoms with Gasteiger partial charge in [0.15, 0.2) is 4.80 Å². The first kappa shape index (κ1) is 23.8. The van der Waals surface area contributed by atoms with E-state index in [9.17, 15) is 17.6 Å². The smallest absolute Gasteiger partial charge is 0.279 e. The Morgan fingerprint density at radius 3 is 2.59 bits per heavy atom. The van der Waals surface area contributed by atoms with Crippen LogP contribution in [0, 0.1) is 5.82 Å². The molecule has 0 aliphatic carbocycles. The van der Waals surface area contributed by atoms with E-state index in [1.165, 1.54) is 41.2 Å². The third kappa shape index (κ3) is 5.26. The standard InChI is InChI=1S/C25H24FN3O3S2/c1-3-4-6-17-9-14-22-23(15-17)33-25(29(22)2)27-24(30)18-7-5-8-20(16-18)28-34(31,32)21-12-10-19(26)11-13-21/h5,7-16,28H,3-4,6H2,1-2H3. The summed E-state index contributed by atoms with van der Waals surface area (Å²) >= 11 is 1.44. The Kier molecular flexibility index (Phi) is 6.95. The predicted octanol–water partition coefficient (Wildman–Crippen LogP) is 5.26. The lowest BCUT2D eigenvalue weighted by Gasteiger charge is -2.08. The van der Waals surface area contributed by atoms with Gasteiger partial charge in [0.2, 0.25) is 0 Å². The van der Waals surface area contributed by atoms with Gasteiger partial charge in [-0.3, -0.25) is 9.52 Å². The number of nitrogens with zero attached hydrogens (tertiary/aromatic N) is 2. The van der Waals surface area contributed by atoms with Gasteiger partial charge in [-0.05, 0) is 73.0 Å². The number of aromatic nitrogens is 1. The number of fused-ring (bicyclic) bond motifs is 1. The molecule has 1 heterocycles. The summed E-state index contributed by atoms with van der Waals surface area (Å²) in [7, 11) is -2.06. The molecule has 0 unspecified atom stereocenters. The molecule has 0 saturated heterocycles. The minimum atomic E-state index is -3.93. The van der Waals surface area contributed by atoms with Crippen LogP contribution in [0.1, 0.15) is 35.7 Å². The number of halogens is 1. The molecule has 0 spiro atoms. The van der Waals surface area contributed by atoms with Gasteiger partial charge in [-0.2, -0.15) is 4.99 Å². The van der Waals surface area contributed by atoms with E-state index in [-0.39, 0.29) is 16.1 Å². The Morgan fingerprint density at radius 2 is 1.85 bits per heavy atom. The molecular formula is C25H24FN3O3S2. The summed E-state index contributed by atoms with van der Waals surface area (Å²) in [4.78, 5) is 17.7. The molecule has 0 bridgehead atoms. The van der Waals surface area contributed by atoms with Crippen molar-refractivity contribution in [3.05, 3.63) is 88.5 Å². The number of benzene rings is 3. The fourth-order valence-corrected chi connectivity index (χ4v) is 5.65. The molecule has 0 fully saturated rings. The number of hydrogen-bond acceptors (Lipinski definition) is 4. The summed E-state index contributed by atoms with van der Waals surface area (Å²) in [6, 6.07) is 16.9. The number of sulfonamides is 1. The minimum absolute atomic E-state index is 0.0778. The van der Waals surface area contributed by atoms with Crippen LogP contribution in [0.15, 0.2) is 76.6 Å². The van der Waals surface area contributed by atoms with Gasteiger partial charge in [-0.25, -0.2) is 12.8 Å². The second-order valence-electron chi connectivity index (χ2n) is 7.91. The van der Waals surface area contributed by atoms with E-state index < -0.39 is 21.7 Å². The number of nitrogens with one attached hydrogen (secondary N) is 1. The number of aryl methyl sites for hydroxylation is 2. The maximum Gasteiger partial charge on any atom is 0.279 e. The topological polar surface area (TPSA) is 80.5 Å². The SMILES string of the molecule is CCCCc1ccc2c(c1)sc(=NC(=O)c1cccc(NS(=O)(=O)c3ccc(F)cc3)c1)n2C. The largest absolute Gasteiger partial charge is 0.319 e. The van der Waals surface area contributed by atoms with Gasteiger partial charge in [-0.15, -0.1) is 0 Å². The predicted molar refractivity (Wildman–Crippen MR) is 133 cm³/mol. The van der Waals surface area contributed by atoms with Crippen molar-refractivity contribution < 1.29 is 17.6 Å². The first-order chi connectivity index (χ1) is 16.3. The van der Waals surface area contributed by atoms with Crippen molar-refractivity contribution in [3.8, 4) is 0 Å². The van der Waals surface area contributed by atoms with Crippen molar-refractivity contribution in [3.63, 3.8) is 0 Å². The van der Waals surface area contributed by atoms with Gasteiger partial charge in [0.1, 0.15) is 5.82 Å². The molecule has 0 atom stereocenters. The first-order valence-electron chi connectivity index (χ1n) is 10.8. The third-order valence-corrected chi connectivity index (χ3v) is 7.87. The van der Waals surface area contributed by atoms with Gasteiger partial charge in [-0.1, -0.05) is 36.8 Å². The molecule has 1 aromatic heterocycles. The summed E-state index contributed by atoms with van der Waals surface area (Å²) < 4.78 is 43.6. The molecule has 0 radical (unpaired) electrons. The van der Waals surface area contributed by atoms with Crippen LogP contribution in [0.5, 0.6) is 0 Å². The Bertz CT molecular complexity index is 1520. The van der Waals surface area contributed by atoms with Gasteiger partial charge >= 0.3 is 0 Å². The van der Waals surface area contributed by atoms with Crippen molar-refractivity contribution in [2.45, 2.75) is 31.1 Å². The average Bonchev–Trinajstić information content (AvgIpc) is 3.12. The van der Waals surface area contributed by atoms with Crippen LogP contribution in [0.4, 0.5) is 10.1 Å². The summed E-state index contributed by atoms with van der Waals surface area (Å²) in [5, 5.41) is 0. The molecule has 1 amide bonds. The highest BCUT2D eigenvalue weighted by atomic mass is 32.2. The normalized spacial score (nSPS) is 12.3. The number of unbranched alkanes of at least 4 members (excludes halogenated alkanes) is 1. The van der Waals surface area contributed by atoms with E-state index in [0.717, 1.165) is 41.6 Å². The molecule has 4 aromatic rings. The number of amides is 1. The summed E-state index contributed by atoms with van der Waals surface area (Å²) in [6.45, 7) is 2.16. The van der Waals surface area contributed by atoms with E-state index in [1.54, 1.807) is 12.1 Å². The first-order valence-corrected chi connectivity index (χ1v) is 13.1. The monoisotopic (exact) mass is 497 g/mol. The van der Waals surface area contributed by atoms with E-state index in [0.29, 0.717) is 4.80 Å². The van der Waals surface area contributed by atoms with Crippen LogP contribution in [-0.4, -0.2) is 18.9 Å². The van der Waals surface area contributed by atoms with Crippen LogP contribution in [-0.2, 0) is 23.5 Å². The number of anilines is 1. The molecule has 0 saturated carbocycles. The van der Waals surface area contributed by atoms with Crippen molar-refractivity contribution in [1.82, 2.24) is 4.57 Å². The van der Waals surface area contributed by atoms with Gasteiger partial charge in [0, 0.05) is 18.3 Å². The Balaban J connectivity index is 1.60. The van der Waals surface area contributed by atoms with Crippen LogP contribution in [0.3, 0.4) is 0 Å². The minimum Gasteiger partial charge on any atom is -0.319 e. The molecule has 9 heteroatoms. The van der Waals surface area contributed by atoms with Crippen molar-refractivity contribution in [1.29, 1.82) is 0 Å². The summed E-state index contributed by atoms with van der Waals surface area (Å²) in [5.41, 5.74) is 2.72. The lowest BCUT2D eigenvalue weighted by Crippen LogP contribution is -2.14. The van der Waals surface area contributed by atoms with Gasteiger partial charge in [0.25, 0.3) is 15.9 Å². The van der Waals surface area contributed by atoms with E-state index >= 15 is 0 Å². The zero-order valence-electron chi connectivity index (χ0n) is 18.8. The average molecular weight is 498 g/mol. The zero-order valence-corrected chi connectivity index (χ0v) is 20.4. The molecule has 3 aromatic carbocycles. The third-order valence-electron chi connectivity index (χ3n) is 5.38. The lowest BCUT2D eigenvalue weighted by molar-refractivity contribution is 0.0998. The lowest BCUT2D eigenvalue weighted by atomic mass is 10.1. The maximum absolute atomic E-state index is 13.1. The van der Waals surface area contributed by atoms with E-state index in [2.05, 4.69) is 28.8 Å². The molecule has 1 N–H and O–H groups in total. The van der Waals surface area contributed by atoms with Crippen LogP contribution < -0.4 is 9.52 Å². The highest BCUT2D eigenvalue weighted by Gasteiger charge is 2.15. The molecule has 0 aliphatic heterocycles. The second-order valence-corrected chi connectivity index (χ2v) is 10.6. The number of thiazole rings is 1. The van der Waals surface area contributed by atoms with Gasteiger partial charge in [0.05, 0.1) is 15.1 Å². The number of rotatable bonds is 7. The quantitative estimate of drug-likeness (QED) is 0.378. The fourth-order valence-electron chi connectivity index (χ4n) is 3.52. The second kappa shape index (κ2) is 9.90. The highest BCUT2D eigenvalue weighted by Crippen LogP contribution is 2.21. The van der Waals surface area contributed by atoms with E-state index in [4.69, 9.17) is 0 Å². The molecular weight excluding hydrogens is 473 g/mol. The van der Waals surface area contributed by atoms with Crippen molar-refractivity contribution >= 4 is 43.2 Å². The Morgan fingerprint density at radius 1 is 1.09 bits per heavy atom. The van der Waals surface area contributed by atoms with E-state index in [1.807, 2.05) is 17.7 Å². The number of carbonyl (C=O) groups excluding carboxylic acids is 1. The Hall–Kier alpha value is -3.30.